The van der Waals surface area contributed by atoms with Crippen LogP contribution in [0.2, 0.25) is 0 Å². The monoisotopic (exact) mass is 152 g/mol. The number of hydrogen-bond acceptors (Lipinski definition) is 1. The summed E-state index contributed by atoms with van der Waals surface area (Å²) in [6.45, 7) is 4.25. The normalized spacial score (nSPS) is 14.5. The number of rotatable bonds is 0. The van der Waals surface area contributed by atoms with Crippen molar-refractivity contribution in [2.24, 2.45) is 0 Å². The Bertz CT molecular complexity index is 161. The fourth-order valence-electron chi connectivity index (χ4n) is 0.568. The Labute approximate surface area is 68.7 Å². The molecule has 1 rings (SSSR count). The van der Waals surface area contributed by atoms with E-state index in [-0.39, 0.29) is 0 Å². The average Bonchev–Trinajstić information content (AvgIpc) is 2.18. The van der Waals surface area contributed by atoms with Crippen LogP contribution < -0.4 is 0 Å². The molecule has 1 aliphatic carbocycles. The van der Waals surface area contributed by atoms with Crippen LogP contribution in [-0.2, 0) is 0 Å². The summed E-state index contributed by atoms with van der Waals surface area (Å²) in [5.74, 6) is 0.356. The molecular formula is C10H16O. The van der Waals surface area contributed by atoms with E-state index in [4.69, 9.17) is 5.11 Å². The van der Waals surface area contributed by atoms with Crippen LogP contribution in [0.3, 0.4) is 0 Å². The Kier molecular flexibility index (Phi) is 6.50. The zero-order valence-corrected chi connectivity index (χ0v) is 7.25. The second-order valence-electron chi connectivity index (χ2n) is 2.36. The predicted octanol–water partition coefficient (Wildman–Crippen LogP) is 3.36. The lowest BCUT2D eigenvalue weighted by molar-refractivity contribution is 0.431. The molecule has 0 radical (unpaired) electrons. The lowest BCUT2D eigenvalue weighted by Gasteiger charge is -1.82. The summed E-state index contributed by atoms with van der Waals surface area (Å²) >= 11 is 0. The third kappa shape index (κ3) is 6.91. The number of aliphatic hydroxyl groups excluding tert-OH is 1. The highest BCUT2D eigenvalue weighted by Gasteiger charge is 1.83. The maximum atomic E-state index is 8.82. The Morgan fingerprint density at radius 1 is 1.36 bits per heavy atom. The Hall–Kier alpha value is -0.980. The molecule has 0 aromatic carbocycles. The first kappa shape index (κ1) is 10.0. The quantitative estimate of drug-likeness (QED) is 0.564. The topological polar surface area (TPSA) is 20.2 Å². The summed E-state index contributed by atoms with van der Waals surface area (Å²) in [7, 11) is 0. The van der Waals surface area contributed by atoms with Crippen molar-refractivity contribution >= 4 is 0 Å². The van der Waals surface area contributed by atoms with Gasteiger partial charge in [-0.3, -0.25) is 0 Å². The highest BCUT2D eigenvalue weighted by Crippen LogP contribution is 1.99. The van der Waals surface area contributed by atoms with Gasteiger partial charge in [-0.2, -0.15) is 0 Å². The molecule has 0 amide bonds. The zero-order chi connectivity index (χ0) is 8.53. The highest BCUT2D eigenvalue weighted by molar-refractivity contribution is 5.20. The number of hydrogen-bond donors (Lipinski definition) is 1. The molecule has 1 N–H and O–H groups in total. The molecule has 1 aliphatic rings. The predicted molar refractivity (Wildman–Crippen MR) is 49.6 cm³/mol. The van der Waals surface area contributed by atoms with Crippen LogP contribution in [-0.4, -0.2) is 5.11 Å². The second kappa shape index (κ2) is 7.13. The molecule has 0 aliphatic heterocycles. The van der Waals surface area contributed by atoms with Gasteiger partial charge in [-0.15, -0.1) is 0 Å². The van der Waals surface area contributed by atoms with Crippen molar-refractivity contribution in [1.29, 1.82) is 0 Å². The van der Waals surface area contributed by atoms with Crippen LogP contribution in [0.25, 0.3) is 0 Å². The van der Waals surface area contributed by atoms with Crippen LogP contribution in [0.1, 0.15) is 26.7 Å². The van der Waals surface area contributed by atoms with Crippen molar-refractivity contribution < 1.29 is 5.11 Å². The van der Waals surface area contributed by atoms with Gasteiger partial charge in [0.15, 0.2) is 0 Å². The molecule has 1 heteroatoms. The van der Waals surface area contributed by atoms with E-state index in [9.17, 15) is 0 Å². The minimum absolute atomic E-state index is 0.356. The SMILES string of the molecule is CCC.OC1=CCC=CC=C1. The molecule has 0 spiro atoms. The first-order chi connectivity index (χ1) is 5.31. The van der Waals surface area contributed by atoms with Crippen molar-refractivity contribution in [2.75, 3.05) is 0 Å². The Morgan fingerprint density at radius 2 is 2.00 bits per heavy atom. The number of aliphatic hydroxyl groups is 1. The molecule has 0 fully saturated rings. The summed E-state index contributed by atoms with van der Waals surface area (Å²) in [6.07, 6.45) is 11.2. The van der Waals surface area contributed by atoms with Gasteiger partial charge in [0.1, 0.15) is 5.76 Å². The third-order valence-electron chi connectivity index (χ3n) is 0.977. The van der Waals surface area contributed by atoms with Gasteiger partial charge in [-0.1, -0.05) is 38.5 Å². The van der Waals surface area contributed by atoms with Gasteiger partial charge in [0, 0.05) is 0 Å². The fourth-order valence-corrected chi connectivity index (χ4v) is 0.568. The largest absolute Gasteiger partial charge is 0.508 e. The maximum absolute atomic E-state index is 8.82. The molecule has 0 unspecified atom stereocenters. The molecule has 0 saturated heterocycles. The molecule has 0 heterocycles. The summed E-state index contributed by atoms with van der Waals surface area (Å²) in [4.78, 5) is 0. The molecule has 11 heavy (non-hydrogen) atoms. The summed E-state index contributed by atoms with van der Waals surface area (Å²) in [6, 6.07) is 0. The van der Waals surface area contributed by atoms with Crippen molar-refractivity contribution in [3.63, 3.8) is 0 Å². The van der Waals surface area contributed by atoms with Gasteiger partial charge >= 0.3 is 0 Å². The van der Waals surface area contributed by atoms with Gasteiger partial charge in [-0.25, -0.2) is 0 Å². The van der Waals surface area contributed by atoms with Crippen LogP contribution >= 0.6 is 0 Å². The smallest absolute Gasteiger partial charge is 0.111 e. The molecule has 0 bridgehead atoms. The molecular weight excluding hydrogens is 136 g/mol. The lowest BCUT2D eigenvalue weighted by atomic mass is 10.4. The van der Waals surface area contributed by atoms with E-state index in [1.165, 1.54) is 6.42 Å². The lowest BCUT2D eigenvalue weighted by Crippen LogP contribution is -1.68. The van der Waals surface area contributed by atoms with E-state index in [0.717, 1.165) is 6.42 Å². The van der Waals surface area contributed by atoms with Crippen molar-refractivity contribution in [3.8, 4) is 0 Å². The van der Waals surface area contributed by atoms with Crippen LogP contribution in [0.4, 0.5) is 0 Å². The van der Waals surface area contributed by atoms with E-state index < -0.39 is 0 Å². The molecule has 1 nitrogen and oxygen atoms in total. The zero-order valence-electron chi connectivity index (χ0n) is 7.25. The van der Waals surface area contributed by atoms with Gasteiger partial charge in [0.25, 0.3) is 0 Å². The third-order valence-corrected chi connectivity index (χ3v) is 0.977. The van der Waals surface area contributed by atoms with Crippen LogP contribution in [0.15, 0.2) is 36.1 Å². The van der Waals surface area contributed by atoms with Crippen molar-refractivity contribution in [1.82, 2.24) is 0 Å². The Balaban J connectivity index is 0.000000292. The van der Waals surface area contributed by atoms with Gasteiger partial charge < -0.3 is 5.11 Å². The molecule has 0 atom stereocenters. The van der Waals surface area contributed by atoms with E-state index >= 15 is 0 Å². The summed E-state index contributed by atoms with van der Waals surface area (Å²) in [5.41, 5.74) is 0. The molecule has 0 saturated carbocycles. The van der Waals surface area contributed by atoms with E-state index in [0.29, 0.717) is 5.76 Å². The van der Waals surface area contributed by atoms with Crippen LogP contribution in [0, 0.1) is 0 Å². The standard InChI is InChI=1S/C7H8O.C3H8/c8-7-5-3-1-2-4-6-7;1-3-2/h1-3,5-6,8H,4H2;3H2,1-2H3. The maximum Gasteiger partial charge on any atom is 0.111 e. The Morgan fingerprint density at radius 3 is 2.64 bits per heavy atom. The summed E-state index contributed by atoms with van der Waals surface area (Å²) in [5, 5.41) is 8.82. The number of allylic oxidation sites excluding steroid dienone is 5. The summed E-state index contributed by atoms with van der Waals surface area (Å²) < 4.78 is 0. The van der Waals surface area contributed by atoms with Gasteiger partial charge in [0.2, 0.25) is 0 Å². The van der Waals surface area contributed by atoms with E-state index in [1.807, 2.05) is 18.2 Å². The van der Waals surface area contributed by atoms with Gasteiger partial charge in [0.05, 0.1) is 0 Å². The minimum Gasteiger partial charge on any atom is -0.508 e. The van der Waals surface area contributed by atoms with E-state index in [2.05, 4.69) is 13.8 Å². The highest BCUT2D eigenvalue weighted by atomic mass is 16.3. The first-order valence-corrected chi connectivity index (χ1v) is 4.03. The molecule has 0 aromatic rings. The van der Waals surface area contributed by atoms with Crippen molar-refractivity contribution in [3.05, 3.63) is 36.1 Å². The molecule has 0 aromatic heterocycles. The molecule has 62 valence electrons. The van der Waals surface area contributed by atoms with Crippen LogP contribution in [0.5, 0.6) is 0 Å². The second-order valence-corrected chi connectivity index (χ2v) is 2.36. The van der Waals surface area contributed by atoms with Crippen molar-refractivity contribution in [2.45, 2.75) is 26.7 Å². The van der Waals surface area contributed by atoms with E-state index in [1.54, 1.807) is 12.2 Å². The minimum atomic E-state index is 0.356. The average molecular weight is 152 g/mol. The fraction of sp³-hybridized carbons (Fsp3) is 0.400. The first-order valence-electron chi connectivity index (χ1n) is 4.03. The van der Waals surface area contributed by atoms with Gasteiger partial charge in [-0.05, 0) is 18.6 Å².